The van der Waals surface area contributed by atoms with Gasteiger partial charge < -0.3 is 70.4 Å². The predicted octanol–water partition coefficient (Wildman–Crippen LogP) is 14.7. The molecule has 7 atom stereocenters. The molecule has 26 heteroatoms. The van der Waals surface area contributed by atoms with Crippen LogP contribution in [-0.2, 0) is 81.1 Å². The number of ether oxygens (including phenoxy) is 7. The largest absolute Gasteiger partial charge is 0.462 e. The number of alkyl carbamates (subject to hydrolysis) is 1. The van der Waals surface area contributed by atoms with Crippen LogP contribution in [0.2, 0.25) is 0 Å². The highest BCUT2D eigenvalue weighted by atomic mass is 32.2. The van der Waals surface area contributed by atoms with Gasteiger partial charge in [-0.25, -0.2) is 9.59 Å². The van der Waals surface area contributed by atoms with Crippen LogP contribution in [0.5, 0.6) is 0 Å². The van der Waals surface area contributed by atoms with Crippen molar-refractivity contribution in [3.63, 3.8) is 0 Å². The second kappa shape index (κ2) is 54.6. The number of fused-ring (bicyclic) bond motifs is 3. The molecule has 0 radical (unpaired) electrons. The van der Waals surface area contributed by atoms with Crippen molar-refractivity contribution in [3.8, 4) is 11.1 Å². The monoisotopic (exact) mass is 1620 g/mol. The van der Waals surface area contributed by atoms with Gasteiger partial charge in [-0.15, -0.1) is 0 Å². The van der Waals surface area contributed by atoms with E-state index in [1.165, 1.54) is 116 Å². The SMILES string of the molecule is CCCCCCCCCCCCCCCC(=O)OC[C@H](CSC[C@@H](NC(=O)OCC1c2ccccc2-c2ccccc21)C(=O)NCC(=O)NCC(=O)NCC(=O)N[C@@H](CCC(=O)OC(C)(C)C)C(=O)N[C@H](C(=O)N[C@H](C(=O)OC(C)(C)C)[C@@H](C)OC(C)(C)C)[C@@H](C)OC(C)(C)C)OC(=O)CCCCCCCCCCCCCCC. The van der Waals surface area contributed by atoms with Crippen LogP contribution in [0.4, 0.5) is 4.79 Å². The van der Waals surface area contributed by atoms with E-state index in [9.17, 15) is 52.7 Å². The average molecular weight is 1620 g/mol. The third kappa shape index (κ3) is 45.8. The van der Waals surface area contributed by atoms with Crippen molar-refractivity contribution in [2.24, 2.45) is 0 Å². The summed E-state index contributed by atoms with van der Waals surface area (Å²) in [6.45, 7) is 25.7. The number of hydrogen-bond acceptors (Lipinski definition) is 19. The highest BCUT2D eigenvalue weighted by molar-refractivity contribution is 7.99. The Kier molecular flexibility index (Phi) is 48.3. The molecule has 0 spiro atoms. The normalized spacial score (nSPS) is 14.1. The quantitative estimate of drug-likeness (QED) is 0.0184. The molecule has 7 N–H and O–H groups in total. The molecule has 0 heterocycles. The Morgan fingerprint density at radius 2 is 0.825 bits per heavy atom. The van der Waals surface area contributed by atoms with E-state index in [2.05, 4.69) is 51.1 Å². The van der Waals surface area contributed by atoms with Crippen molar-refractivity contribution in [1.82, 2.24) is 37.2 Å². The lowest BCUT2D eigenvalue weighted by Gasteiger charge is -2.35. The topological polar surface area (TPSA) is 337 Å². The molecular formula is C88H145N7O18S. The molecule has 2 aromatic rings. The first-order chi connectivity index (χ1) is 53.9. The summed E-state index contributed by atoms with van der Waals surface area (Å²) in [4.78, 5) is 151. The minimum atomic E-state index is -1.52. The Hall–Kier alpha value is -7.32. The molecule has 7 amide bonds. The van der Waals surface area contributed by atoms with E-state index in [1.54, 1.807) is 90.0 Å². The zero-order chi connectivity index (χ0) is 84.7. The molecule has 2 aromatic carbocycles. The fourth-order valence-electron chi connectivity index (χ4n) is 13.3. The molecule has 0 unspecified atom stereocenters. The Morgan fingerprint density at radius 3 is 1.29 bits per heavy atom. The first-order valence-electron chi connectivity index (χ1n) is 42.4. The molecule has 1 aliphatic carbocycles. The van der Waals surface area contributed by atoms with E-state index >= 15 is 0 Å². The van der Waals surface area contributed by atoms with Crippen LogP contribution >= 0.6 is 11.8 Å². The number of hydrogen-bond donors (Lipinski definition) is 7. The van der Waals surface area contributed by atoms with E-state index in [-0.39, 0.29) is 56.3 Å². The van der Waals surface area contributed by atoms with Gasteiger partial charge in [-0.2, -0.15) is 11.8 Å². The third-order valence-electron chi connectivity index (χ3n) is 18.8. The molecule has 3 rings (SSSR count). The van der Waals surface area contributed by atoms with Crippen molar-refractivity contribution in [1.29, 1.82) is 0 Å². The Bertz CT molecular complexity index is 3190. The minimum Gasteiger partial charge on any atom is -0.462 e. The van der Waals surface area contributed by atoms with Crippen LogP contribution in [-0.4, -0.2) is 175 Å². The second-order valence-corrected chi connectivity index (χ2v) is 35.3. The van der Waals surface area contributed by atoms with Gasteiger partial charge in [0.2, 0.25) is 35.4 Å². The van der Waals surface area contributed by atoms with Gasteiger partial charge in [-0.05, 0) is 138 Å². The first kappa shape index (κ1) is 101. The van der Waals surface area contributed by atoms with E-state index in [0.29, 0.717) is 12.8 Å². The maximum atomic E-state index is 14.5. The molecule has 646 valence electrons. The standard InChI is InChI=1S/C88H145N7O18S/c1-17-19-21-23-25-27-29-31-33-35-37-39-41-51-75(99)107-58-64(109-76(100)52-42-40-38-36-34-32-30-28-26-24-22-20-18-2)60-114-61-71(93-84(106)108-59-69-67-49-45-43-47-65(67)66-48-44-46-50-68(66)69)80(102)91-56-73(97)89-55-72(96)90-57-74(98)92-70(53-54-77(101)112-87(11,12)13)81(103)94-78(62(3)110-85(5,6)7)82(104)95-79(63(4)111-86(8,9)10)83(105)113-88(14,15)16/h43-50,62-64,69-71,78-79H,17-42,51-61H2,1-16H3,(H,89,97)(H,90,96)(H,91,102)(H,92,98)(H,93,106)(H,94,103)(H,95,104)/t62-,63-,64-,70+,71-,78+,79+/m1/s1. The van der Waals surface area contributed by atoms with Gasteiger partial charge in [-0.1, -0.05) is 216 Å². The Morgan fingerprint density at radius 1 is 0.404 bits per heavy atom. The summed E-state index contributed by atoms with van der Waals surface area (Å²) in [5.74, 6) is -7.91. The van der Waals surface area contributed by atoms with Crippen LogP contribution in [0.25, 0.3) is 11.1 Å². The molecule has 0 saturated heterocycles. The van der Waals surface area contributed by atoms with Gasteiger partial charge in [-0.3, -0.25) is 43.2 Å². The number of esters is 4. The fourth-order valence-corrected chi connectivity index (χ4v) is 14.3. The van der Waals surface area contributed by atoms with E-state index in [4.69, 9.17) is 33.2 Å². The molecule has 0 fully saturated rings. The smallest absolute Gasteiger partial charge is 0.407 e. The number of thioether (sulfide) groups is 1. The van der Waals surface area contributed by atoms with Crippen LogP contribution in [0.3, 0.4) is 0 Å². The fraction of sp³-hybridized carbons (Fsp3) is 0.739. The highest BCUT2D eigenvalue weighted by Crippen LogP contribution is 2.44. The Balaban J connectivity index is 1.76. The van der Waals surface area contributed by atoms with Crippen LogP contribution < -0.4 is 37.2 Å². The van der Waals surface area contributed by atoms with Crippen LogP contribution in [0.15, 0.2) is 48.5 Å². The highest BCUT2D eigenvalue weighted by Gasteiger charge is 2.40. The molecule has 1 aliphatic rings. The summed E-state index contributed by atoms with van der Waals surface area (Å²) < 4.78 is 41.0. The number of benzene rings is 2. The Labute approximate surface area is 686 Å². The van der Waals surface area contributed by atoms with Gasteiger partial charge in [0.15, 0.2) is 6.04 Å². The lowest BCUT2D eigenvalue weighted by Crippen LogP contribution is -2.62. The minimum absolute atomic E-state index is 0.0677. The summed E-state index contributed by atoms with van der Waals surface area (Å²) >= 11 is 1.15. The van der Waals surface area contributed by atoms with E-state index < -0.39 is 150 Å². The summed E-state index contributed by atoms with van der Waals surface area (Å²) in [7, 11) is 0. The maximum Gasteiger partial charge on any atom is 0.407 e. The number of carbonyl (C=O) groups excluding carboxylic acids is 11. The number of rotatable bonds is 58. The van der Waals surface area contributed by atoms with Crippen molar-refractivity contribution >= 4 is 77.2 Å². The van der Waals surface area contributed by atoms with Gasteiger partial charge in [0.05, 0.1) is 43.0 Å². The van der Waals surface area contributed by atoms with E-state index in [1.807, 2.05) is 48.5 Å². The molecule has 0 saturated carbocycles. The maximum absolute atomic E-state index is 14.5. The van der Waals surface area contributed by atoms with Crippen molar-refractivity contribution in [2.45, 2.75) is 374 Å². The van der Waals surface area contributed by atoms with Gasteiger partial charge in [0, 0.05) is 36.7 Å². The summed E-state index contributed by atoms with van der Waals surface area (Å²) in [5, 5.41) is 17.8. The number of unbranched alkanes of at least 4 members (excludes halogenated alkanes) is 24. The predicted molar refractivity (Wildman–Crippen MR) is 447 cm³/mol. The van der Waals surface area contributed by atoms with Gasteiger partial charge >= 0.3 is 30.0 Å². The third-order valence-corrected chi connectivity index (χ3v) is 20.0. The molecular weight excluding hydrogens is 1480 g/mol. The molecule has 0 aliphatic heterocycles. The first-order valence-corrected chi connectivity index (χ1v) is 43.6. The van der Waals surface area contributed by atoms with Crippen molar-refractivity contribution < 1.29 is 85.9 Å². The zero-order valence-electron chi connectivity index (χ0n) is 72.2. The second-order valence-electron chi connectivity index (χ2n) is 34.2. The lowest BCUT2D eigenvalue weighted by molar-refractivity contribution is -0.167. The average Bonchev–Trinajstić information content (AvgIpc) is 1.62. The zero-order valence-corrected chi connectivity index (χ0v) is 73.0. The number of amides is 7. The lowest BCUT2D eigenvalue weighted by atomic mass is 9.98. The van der Waals surface area contributed by atoms with E-state index in [0.717, 1.165) is 79.0 Å². The summed E-state index contributed by atoms with van der Waals surface area (Å²) in [6.07, 6.45) is 25.9. The van der Waals surface area contributed by atoms with Crippen LogP contribution in [0.1, 0.15) is 320 Å². The summed E-state index contributed by atoms with van der Waals surface area (Å²) in [5.41, 5.74) is 0.492. The molecule has 25 nitrogen and oxygen atoms in total. The van der Waals surface area contributed by atoms with Gasteiger partial charge in [0.1, 0.15) is 48.6 Å². The number of carbonyl (C=O) groups is 11. The molecule has 0 aromatic heterocycles. The summed E-state index contributed by atoms with van der Waals surface area (Å²) in [6, 6.07) is 9.91. The van der Waals surface area contributed by atoms with Crippen molar-refractivity contribution in [3.05, 3.63) is 59.7 Å². The number of nitrogens with one attached hydrogen (secondary N) is 7. The molecule has 0 bridgehead atoms. The molecule has 114 heavy (non-hydrogen) atoms. The van der Waals surface area contributed by atoms with Gasteiger partial charge in [0.25, 0.3) is 0 Å². The van der Waals surface area contributed by atoms with Crippen molar-refractivity contribution in [2.75, 3.05) is 44.4 Å². The van der Waals surface area contributed by atoms with Crippen LogP contribution in [0, 0.1) is 0 Å².